The van der Waals surface area contributed by atoms with Crippen LogP contribution in [-0.4, -0.2) is 41.7 Å². The molecule has 0 aromatic rings. The number of nitrogens with zero attached hydrogens (tertiary/aromatic N) is 1. The van der Waals surface area contributed by atoms with Gasteiger partial charge in [-0.2, -0.15) is 11.8 Å². The molecule has 1 rings (SSSR count). The molecule has 3 nitrogen and oxygen atoms in total. The van der Waals surface area contributed by atoms with Crippen LogP contribution in [0, 0.1) is 0 Å². The fraction of sp³-hybridized carbons (Fsp3) is 0.818. The first-order chi connectivity index (χ1) is 7.24. The molecule has 0 N–H and O–H groups in total. The lowest BCUT2D eigenvalue weighted by atomic mass is 10.1. The maximum atomic E-state index is 11.4. The maximum absolute atomic E-state index is 11.4. The first kappa shape index (κ1) is 12.6. The van der Waals surface area contributed by atoms with E-state index in [9.17, 15) is 9.59 Å². The summed E-state index contributed by atoms with van der Waals surface area (Å²) >= 11 is 1.86. The number of amides is 1. The van der Waals surface area contributed by atoms with Gasteiger partial charge in [0.1, 0.15) is 5.78 Å². The molecular weight excluding hydrogens is 210 g/mol. The van der Waals surface area contributed by atoms with Crippen molar-refractivity contribution in [2.24, 2.45) is 0 Å². The molecule has 0 atom stereocenters. The number of unbranched alkanes of at least 4 members (excludes halogenated alkanes) is 2. The zero-order chi connectivity index (χ0) is 11.1. The number of piperidine rings is 1. The summed E-state index contributed by atoms with van der Waals surface area (Å²) in [5.41, 5.74) is 0. The largest absolute Gasteiger partial charge is 0.342 e. The standard InChI is InChI=1S/C11H19NO2S/c1-15-8-4-2-3-6-12-7-5-10(13)9-11(12)14/h2-9H2,1H3. The molecule has 0 spiro atoms. The Morgan fingerprint density at radius 1 is 1.27 bits per heavy atom. The van der Waals surface area contributed by atoms with E-state index in [1.54, 1.807) is 0 Å². The van der Waals surface area contributed by atoms with Crippen molar-refractivity contribution in [3.8, 4) is 0 Å². The quantitative estimate of drug-likeness (QED) is 0.514. The molecule has 0 saturated carbocycles. The Bertz CT molecular complexity index is 231. The number of carbonyl (C=O) groups is 2. The Kier molecular flexibility index (Phi) is 5.76. The van der Waals surface area contributed by atoms with E-state index in [0.29, 0.717) is 13.0 Å². The van der Waals surface area contributed by atoms with E-state index < -0.39 is 0 Å². The molecule has 4 heteroatoms. The molecule has 0 unspecified atom stereocenters. The van der Waals surface area contributed by atoms with Crippen molar-refractivity contribution in [3.05, 3.63) is 0 Å². The van der Waals surface area contributed by atoms with Crippen LogP contribution in [0.1, 0.15) is 32.1 Å². The van der Waals surface area contributed by atoms with Gasteiger partial charge in [0.2, 0.25) is 5.91 Å². The van der Waals surface area contributed by atoms with Gasteiger partial charge in [-0.05, 0) is 24.9 Å². The molecule has 0 radical (unpaired) electrons. The molecule has 1 saturated heterocycles. The highest BCUT2D eigenvalue weighted by atomic mass is 32.2. The van der Waals surface area contributed by atoms with Crippen LogP contribution in [0.2, 0.25) is 0 Å². The summed E-state index contributed by atoms with van der Waals surface area (Å²) in [6.07, 6.45) is 6.27. The van der Waals surface area contributed by atoms with Crippen molar-refractivity contribution >= 4 is 23.5 Å². The highest BCUT2D eigenvalue weighted by Gasteiger charge is 2.22. The van der Waals surface area contributed by atoms with Crippen molar-refractivity contribution in [1.82, 2.24) is 4.90 Å². The number of rotatable bonds is 6. The lowest BCUT2D eigenvalue weighted by Gasteiger charge is -2.25. The van der Waals surface area contributed by atoms with E-state index in [1.807, 2.05) is 16.7 Å². The number of thioether (sulfide) groups is 1. The molecule has 1 aliphatic heterocycles. The van der Waals surface area contributed by atoms with Crippen LogP contribution < -0.4 is 0 Å². The van der Waals surface area contributed by atoms with Gasteiger partial charge < -0.3 is 4.90 Å². The fourth-order valence-corrected chi connectivity index (χ4v) is 2.21. The highest BCUT2D eigenvalue weighted by Crippen LogP contribution is 2.10. The second-order valence-electron chi connectivity index (χ2n) is 3.90. The summed E-state index contributed by atoms with van der Waals surface area (Å²) in [5, 5.41) is 0. The fourth-order valence-electron chi connectivity index (χ4n) is 1.72. The summed E-state index contributed by atoms with van der Waals surface area (Å²) < 4.78 is 0. The topological polar surface area (TPSA) is 37.4 Å². The van der Waals surface area contributed by atoms with Crippen LogP contribution in [0.15, 0.2) is 0 Å². The Labute approximate surface area is 95.6 Å². The normalized spacial score (nSPS) is 17.3. The molecule has 0 aromatic heterocycles. The molecule has 1 heterocycles. The molecular formula is C11H19NO2S. The first-order valence-electron chi connectivity index (χ1n) is 5.52. The smallest absolute Gasteiger partial charge is 0.230 e. The van der Waals surface area contributed by atoms with Crippen molar-refractivity contribution in [1.29, 1.82) is 0 Å². The van der Waals surface area contributed by atoms with Gasteiger partial charge in [-0.1, -0.05) is 6.42 Å². The number of hydrogen-bond donors (Lipinski definition) is 0. The first-order valence-corrected chi connectivity index (χ1v) is 6.92. The lowest BCUT2D eigenvalue weighted by Crippen LogP contribution is -2.39. The van der Waals surface area contributed by atoms with Crippen molar-refractivity contribution in [3.63, 3.8) is 0 Å². The minimum Gasteiger partial charge on any atom is -0.342 e. The second-order valence-corrected chi connectivity index (χ2v) is 4.89. The van der Waals surface area contributed by atoms with Gasteiger partial charge in [0.15, 0.2) is 0 Å². The van der Waals surface area contributed by atoms with Crippen LogP contribution in [0.25, 0.3) is 0 Å². The van der Waals surface area contributed by atoms with Gasteiger partial charge in [-0.3, -0.25) is 9.59 Å². The van der Waals surface area contributed by atoms with E-state index >= 15 is 0 Å². The van der Waals surface area contributed by atoms with Crippen molar-refractivity contribution < 1.29 is 9.59 Å². The molecule has 0 bridgehead atoms. The molecule has 86 valence electrons. The Hall–Kier alpha value is -0.510. The van der Waals surface area contributed by atoms with Crippen LogP contribution in [0.3, 0.4) is 0 Å². The number of likely N-dealkylation sites (tertiary alicyclic amines) is 1. The van der Waals surface area contributed by atoms with Crippen molar-refractivity contribution in [2.45, 2.75) is 32.1 Å². The van der Waals surface area contributed by atoms with Crippen LogP contribution >= 0.6 is 11.8 Å². The van der Waals surface area contributed by atoms with Crippen molar-refractivity contribution in [2.75, 3.05) is 25.1 Å². The minimum atomic E-state index is 0.0242. The lowest BCUT2D eigenvalue weighted by molar-refractivity contribution is -0.139. The Morgan fingerprint density at radius 2 is 2.07 bits per heavy atom. The maximum Gasteiger partial charge on any atom is 0.230 e. The molecule has 1 fully saturated rings. The number of Topliss-reactive ketones (excluding diaryl/α,β-unsaturated/α-hetero) is 1. The predicted molar refractivity (Wildman–Crippen MR) is 63.1 cm³/mol. The van der Waals surface area contributed by atoms with E-state index in [1.165, 1.54) is 18.6 Å². The van der Waals surface area contributed by atoms with Gasteiger partial charge in [0, 0.05) is 19.5 Å². The monoisotopic (exact) mass is 229 g/mol. The van der Waals surface area contributed by atoms with Gasteiger partial charge in [0.25, 0.3) is 0 Å². The van der Waals surface area contributed by atoms with E-state index in [0.717, 1.165) is 13.0 Å². The summed E-state index contributed by atoms with van der Waals surface area (Å²) in [7, 11) is 0. The SMILES string of the molecule is CSCCCCCN1CCC(=O)CC1=O. The average Bonchev–Trinajstić information content (AvgIpc) is 2.20. The third-order valence-electron chi connectivity index (χ3n) is 2.64. The third kappa shape index (κ3) is 4.69. The van der Waals surface area contributed by atoms with Crippen LogP contribution in [0.5, 0.6) is 0 Å². The zero-order valence-corrected chi connectivity index (χ0v) is 10.1. The van der Waals surface area contributed by atoms with E-state index in [4.69, 9.17) is 0 Å². The van der Waals surface area contributed by atoms with Crippen LogP contribution in [0.4, 0.5) is 0 Å². The minimum absolute atomic E-state index is 0.0242. The molecule has 1 amide bonds. The Balaban J connectivity index is 2.10. The number of carbonyl (C=O) groups excluding carboxylic acids is 2. The summed E-state index contributed by atoms with van der Waals surface area (Å²) in [4.78, 5) is 24.2. The summed E-state index contributed by atoms with van der Waals surface area (Å²) in [5.74, 6) is 1.32. The zero-order valence-electron chi connectivity index (χ0n) is 9.33. The van der Waals surface area contributed by atoms with E-state index in [-0.39, 0.29) is 18.1 Å². The van der Waals surface area contributed by atoms with Gasteiger partial charge >= 0.3 is 0 Å². The summed E-state index contributed by atoms with van der Waals surface area (Å²) in [6, 6.07) is 0. The molecule has 15 heavy (non-hydrogen) atoms. The van der Waals surface area contributed by atoms with Crippen LogP contribution in [-0.2, 0) is 9.59 Å². The predicted octanol–water partition coefficient (Wildman–Crippen LogP) is 1.71. The second kappa shape index (κ2) is 6.88. The summed E-state index contributed by atoms with van der Waals surface area (Å²) in [6.45, 7) is 1.47. The van der Waals surface area contributed by atoms with E-state index in [2.05, 4.69) is 6.26 Å². The third-order valence-corrected chi connectivity index (χ3v) is 3.34. The van der Waals surface area contributed by atoms with Gasteiger partial charge in [-0.25, -0.2) is 0 Å². The molecule has 0 aromatic carbocycles. The molecule has 0 aliphatic carbocycles. The van der Waals surface area contributed by atoms with Gasteiger partial charge in [-0.15, -0.1) is 0 Å². The number of ketones is 1. The highest BCUT2D eigenvalue weighted by molar-refractivity contribution is 7.98. The van der Waals surface area contributed by atoms with Gasteiger partial charge in [0.05, 0.1) is 6.42 Å². The molecule has 1 aliphatic rings. The average molecular weight is 229 g/mol. The number of hydrogen-bond acceptors (Lipinski definition) is 3. The Morgan fingerprint density at radius 3 is 2.73 bits per heavy atom.